The van der Waals surface area contributed by atoms with Gasteiger partial charge in [-0.25, -0.2) is 0 Å². The van der Waals surface area contributed by atoms with Crippen LogP contribution in [0, 0.1) is 0 Å². The molecule has 0 atom stereocenters. The Morgan fingerprint density at radius 2 is 1.95 bits per heavy atom. The molecule has 5 heteroatoms. The highest BCUT2D eigenvalue weighted by molar-refractivity contribution is 7.13. The minimum atomic E-state index is -0.255. The van der Waals surface area contributed by atoms with E-state index in [1.807, 2.05) is 0 Å². The Hall–Kier alpha value is -2.11. The quantitative estimate of drug-likeness (QED) is 0.698. The van der Waals surface area contributed by atoms with E-state index < -0.39 is 0 Å². The smallest absolute Gasteiger partial charge is 0.204 e. The van der Waals surface area contributed by atoms with Crippen molar-refractivity contribution in [1.82, 2.24) is 0 Å². The molecular formula is C16H12O4S. The average Bonchev–Trinajstić information content (AvgIpc) is 2.90. The van der Waals surface area contributed by atoms with Crippen molar-refractivity contribution in [2.45, 2.75) is 13.5 Å². The second-order valence-electron chi connectivity index (χ2n) is 4.88. The number of carbonyl (C=O) groups excluding carboxylic acids is 3. The topological polar surface area (TPSA) is 60.4 Å². The third kappa shape index (κ3) is 2.05. The number of ether oxygens (including phenoxy) is 1. The van der Waals surface area contributed by atoms with E-state index in [1.165, 1.54) is 6.92 Å². The summed E-state index contributed by atoms with van der Waals surface area (Å²) in [6.07, 6.45) is 0. The van der Waals surface area contributed by atoms with E-state index in [9.17, 15) is 14.4 Å². The van der Waals surface area contributed by atoms with Crippen LogP contribution in [-0.4, -0.2) is 24.5 Å². The standard InChI is InChI=1S/C16H12O4S/c1-8(17)12-7-21-16-13(12)14(18)10-4-3-9(6-20-2)5-11(10)15(16)19/h3-5,7H,6H2,1-2H3. The fourth-order valence-electron chi connectivity index (χ4n) is 2.50. The van der Waals surface area contributed by atoms with Crippen molar-refractivity contribution in [3.8, 4) is 0 Å². The molecule has 0 saturated carbocycles. The zero-order valence-corrected chi connectivity index (χ0v) is 12.4. The van der Waals surface area contributed by atoms with E-state index >= 15 is 0 Å². The van der Waals surface area contributed by atoms with Gasteiger partial charge in [-0.05, 0) is 24.6 Å². The maximum absolute atomic E-state index is 12.6. The molecule has 0 unspecified atom stereocenters. The maximum Gasteiger partial charge on any atom is 0.204 e. The van der Waals surface area contributed by atoms with Crippen molar-refractivity contribution in [2.75, 3.05) is 7.11 Å². The van der Waals surface area contributed by atoms with E-state index in [1.54, 1.807) is 30.7 Å². The lowest BCUT2D eigenvalue weighted by Gasteiger charge is -2.16. The third-order valence-corrected chi connectivity index (χ3v) is 4.47. The Labute approximate surface area is 125 Å². The van der Waals surface area contributed by atoms with Crippen LogP contribution in [-0.2, 0) is 11.3 Å². The summed E-state index contributed by atoms with van der Waals surface area (Å²) < 4.78 is 5.05. The number of rotatable bonds is 3. The van der Waals surface area contributed by atoms with Gasteiger partial charge in [0.1, 0.15) is 0 Å². The van der Waals surface area contributed by atoms with Crippen LogP contribution >= 0.6 is 11.3 Å². The molecule has 106 valence electrons. The number of fused-ring (bicyclic) bond motifs is 2. The number of benzene rings is 1. The number of ketones is 3. The molecule has 3 rings (SSSR count). The molecule has 4 nitrogen and oxygen atoms in total. The summed E-state index contributed by atoms with van der Waals surface area (Å²) >= 11 is 1.15. The summed E-state index contributed by atoms with van der Waals surface area (Å²) in [7, 11) is 1.57. The molecule has 1 aliphatic rings. The Morgan fingerprint density at radius 1 is 1.19 bits per heavy atom. The maximum atomic E-state index is 12.6. The average molecular weight is 300 g/mol. The Kier molecular flexibility index (Phi) is 3.31. The normalized spacial score (nSPS) is 13.0. The second-order valence-corrected chi connectivity index (χ2v) is 5.76. The van der Waals surface area contributed by atoms with E-state index in [0.717, 1.165) is 16.9 Å². The molecule has 1 aliphatic carbocycles. The molecular weight excluding hydrogens is 288 g/mol. The van der Waals surface area contributed by atoms with Crippen LogP contribution in [0.5, 0.6) is 0 Å². The van der Waals surface area contributed by atoms with E-state index in [4.69, 9.17) is 4.74 Å². The first-order valence-electron chi connectivity index (χ1n) is 6.38. The van der Waals surface area contributed by atoms with Gasteiger partial charge >= 0.3 is 0 Å². The highest BCUT2D eigenvalue weighted by Gasteiger charge is 2.34. The predicted molar refractivity (Wildman–Crippen MR) is 78.3 cm³/mol. The van der Waals surface area contributed by atoms with Crippen LogP contribution in [0.4, 0.5) is 0 Å². The lowest BCUT2D eigenvalue weighted by Crippen LogP contribution is -2.21. The van der Waals surface area contributed by atoms with Gasteiger partial charge < -0.3 is 4.74 Å². The summed E-state index contributed by atoms with van der Waals surface area (Å²) in [5, 5.41) is 1.59. The number of hydrogen-bond donors (Lipinski definition) is 0. The number of carbonyl (C=O) groups is 3. The van der Waals surface area contributed by atoms with Gasteiger partial charge in [0.2, 0.25) is 5.78 Å². The Bertz CT molecular complexity index is 786. The zero-order chi connectivity index (χ0) is 15.1. The van der Waals surface area contributed by atoms with Gasteiger partial charge in [-0.2, -0.15) is 0 Å². The van der Waals surface area contributed by atoms with Crippen LogP contribution in [0.15, 0.2) is 23.6 Å². The zero-order valence-electron chi connectivity index (χ0n) is 11.6. The molecule has 21 heavy (non-hydrogen) atoms. The molecule has 0 amide bonds. The fraction of sp³-hybridized carbons (Fsp3) is 0.188. The van der Waals surface area contributed by atoms with Gasteiger partial charge in [-0.1, -0.05) is 6.07 Å². The van der Waals surface area contributed by atoms with Crippen molar-refractivity contribution in [3.05, 3.63) is 56.3 Å². The van der Waals surface area contributed by atoms with Gasteiger partial charge in [-0.15, -0.1) is 11.3 Å². The van der Waals surface area contributed by atoms with E-state index in [2.05, 4.69) is 0 Å². The summed E-state index contributed by atoms with van der Waals surface area (Å²) in [5.41, 5.74) is 2.17. The highest BCUT2D eigenvalue weighted by Crippen LogP contribution is 2.34. The molecule has 0 aliphatic heterocycles. The Morgan fingerprint density at radius 3 is 2.62 bits per heavy atom. The van der Waals surface area contributed by atoms with Crippen LogP contribution in [0.2, 0.25) is 0 Å². The van der Waals surface area contributed by atoms with Gasteiger partial charge in [0.25, 0.3) is 0 Å². The molecule has 0 radical (unpaired) electrons. The van der Waals surface area contributed by atoms with Crippen molar-refractivity contribution < 1.29 is 19.1 Å². The lowest BCUT2D eigenvalue weighted by molar-refractivity contribution is 0.0970. The number of methoxy groups -OCH3 is 1. The van der Waals surface area contributed by atoms with Gasteiger partial charge in [0, 0.05) is 29.2 Å². The number of hydrogen-bond acceptors (Lipinski definition) is 5. The summed E-state index contributed by atoms with van der Waals surface area (Å²) in [6, 6.07) is 5.09. The minimum absolute atomic E-state index is 0.199. The first-order valence-corrected chi connectivity index (χ1v) is 7.26. The van der Waals surface area contributed by atoms with Crippen LogP contribution in [0.3, 0.4) is 0 Å². The molecule has 2 aromatic rings. The van der Waals surface area contributed by atoms with Gasteiger partial charge in [0.05, 0.1) is 17.0 Å². The molecule has 0 saturated heterocycles. The number of Topliss-reactive ketones (excluding diaryl/α,β-unsaturated/α-hetero) is 1. The second kappa shape index (κ2) is 5.02. The SMILES string of the molecule is COCc1ccc2c(c1)C(=O)c1scc(C(C)=O)c1C2=O. The van der Waals surface area contributed by atoms with Crippen LogP contribution < -0.4 is 0 Å². The first kappa shape index (κ1) is 13.9. The molecule has 0 N–H and O–H groups in total. The van der Waals surface area contributed by atoms with Crippen molar-refractivity contribution >= 4 is 28.7 Å². The van der Waals surface area contributed by atoms with Gasteiger partial charge in [0.15, 0.2) is 11.6 Å². The predicted octanol–water partition coefficient (Wildman–Crippen LogP) is 2.87. The summed E-state index contributed by atoms with van der Waals surface area (Å²) in [4.78, 5) is 37.1. The van der Waals surface area contributed by atoms with E-state index in [-0.39, 0.29) is 22.9 Å². The molecule has 1 aromatic carbocycles. The summed E-state index contributed by atoms with van der Waals surface area (Å²) in [6.45, 7) is 1.78. The van der Waals surface area contributed by atoms with Crippen molar-refractivity contribution in [2.24, 2.45) is 0 Å². The fourth-order valence-corrected chi connectivity index (χ4v) is 3.56. The van der Waals surface area contributed by atoms with E-state index in [0.29, 0.717) is 28.2 Å². The molecule has 1 heterocycles. The lowest BCUT2D eigenvalue weighted by atomic mass is 9.86. The monoisotopic (exact) mass is 300 g/mol. The molecule has 1 aromatic heterocycles. The highest BCUT2D eigenvalue weighted by atomic mass is 32.1. The van der Waals surface area contributed by atoms with Crippen LogP contribution in [0.1, 0.15) is 54.0 Å². The summed E-state index contributed by atoms with van der Waals surface area (Å²) in [5.74, 6) is -0.654. The molecule has 0 bridgehead atoms. The first-order chi connectivity index (χ1) is 10.0. The molecule has 0 fully saturated rings. The Balaban J connectivity index is 2.19. The van der Waals surface area contributed by atoms with Crippen molar-refractivity contribution in [3.63, 3.8) is 0 Å². The largest absolute Gasteiger partial charge is 0.380 e. The van der Waals surface area contributed by atoms with Crippen LogP contribution in [0.25, 0.3) is 0 Å². The van der Waals surface area contributed by atoms with Crippen molar-refractivity contribution in [1.29, 1.82) is 0 Å². The third-order valence-electron chi connectivity index (χ3n) is 3.49. The van der Waals surface area contributed by atoms with Gasteiger partial charge in [-0.3, -0.25) is 14.4 Å². The molecule has 0 spiro atoms. The number of thiophene rings is 1. The minimum Gasteiger partial charge on any atom is -0.380 e.